The molecule has 0 aliphatic carbocycles. The molecule has 7 heteroatoms. The Morgan fingerprint density at radius 2 is 2.33 bits per heavy atom. The van der Waals surface area contributed by atoms with E-state index in [9.17, 15) is 13.6 Å². The van der Waals surface area contributed by atoms with Gasteiger partial charge in [0, 0.05) is 12.8 Å². The molecule has 0 fully saturated rings. The first-order valence-corrected chi connectivity index (χ1v) is 6.37. The summed E-state index contributed by atoms with van der Waals surface area (Å²) in [5, 5.41) is 0.603. The van der Waals surface area contributed by atoms with E-state index in [1.807, 2.05) is 0 Å². The zero-order chi connectivity index (χ0) is 13.5. The zero-order valence-electron chi connectivity index (χ0n) is 10.2. The summed E-state index contributed by atoms with van der Waals surface area (Å²) in [5.74, 6) is 0.0406. The predicted octanol–water partition coefficient (Wildman–Crippen LogP) is 2.86. The van der Waals surface area contributed by atoms with Gasteiger partial charge in [0.25, 0.3) is 6.08 Å². The number of aromatic nitrogens is 2. The van der Waals surface area contributed by atoms with Crippen LogP contribution in [-0.4, -0.2) is 27.9 Å². The largest absolute Gasteiger partial charge is 0.461 e. The molecule has 4 nitrogen and oxygen atoms in total. The highest BCUT2D eigenvalue weighted by Gasteiger charge is 2.14. The average Bonchev–Trinajstić information content (AvgIpc) is 2.66. The third-order valence-electron chi connectivity index (χ3n) is 2.08. The van der Waals surface area contributed by atoms with Crippen LogP contribution < -0.4 is 0 Å². The number of hydrogen-bond donors (Lipinski definition) is 0. The lowest BCUT2D eigenvalue weighted by molar-refractivity contribution is 0.0514. The fourth-order valence-electron chi connectivity index (χ4n) is 1.24. The molecule has 0 radical (unpaired) electrons. The van der Waals surface area contributed by atoms with E-state index < -0.39 is 12.0 Å². The molecule has 0 aliphatic rings. The highest BCUT2D eigenvalue weighted by molar-refractivity contribution is 7.99. The molecular formula is C11H14F2N2O2S. The maximum atomic E-state index is 11.8. The number of imidazole rings is 1. The molecule has 1 rings (SSSR count). The summed E-state index contributed by atoms with van der Waals surface area (Å²) >= 11 is 1.31. The van der Waals surface area contributed by atoms with E-state index in [4.69, 9.17) is 4.74 Å². The Bertz CT molecular complexity index is 442. The van der Waals surface area contributed by atoms with Gasteiger partial charge in [-0.05, 0) is 19.4 Å². The summed E-state index contributed by atoms with van der Waals surface area (Å²) in [6.07, 6.45) is 0.866. The van der Waals surface area contributed by atoms with Crippen molar-refractivity contribution in [2.45, 2.75) is 18.5 Å². The standard InChI is InChI=1S/C11H14F2N2O2S/c1-3-17-10(16)8-7-14-11(15(8)2)18-6-4-5-9(12)13/h5,7H,3-4,6H2,1-2H3. The number of rotatable bonds is 6. The fourth-order valence-corrected chi connectivity index (χ4v) is 2.08. The average molecular weight is 276 g/mol. The minimum absolute atomic E-state index is 0.259. The number of carbonyl (C=O) groups excluding carboxylic acids is 1. The molecule has 0 unspecified atom stereocenters. The second kappa shape index (κ2) is 7.15. The quantitative estimate of drug-likeness (QED) is 0.455. The van der Waals surface area contributed by atoms with Crippen LogP contribution in [-0.2, 0) is 11.8 Å². The number of ether oxygens (including phenoxy) is 1. The minimum Gasteiger partial charge on any atom is -0.461 e. The first kappa shape index (κ1) is 14.7. The van der Waals surface area contributed by atoms with E-state index in [0.717, 1.165) is 6.08 Å². The molecule has 0 saturated carbocycles. The predicted molar refractivity (Wildman–Crippen MR) is 64.8 cm³/mol. The molecule has 0 aliphatic heterocycles. The van der Waals surface area contributed by atoms with Crippen molar-refractivity contribution in [1.82, 2.24) is 9.55 Å². The summed E-state index contributed by atoms with van der Waals surface area (Å²) < 4.78 is 30.1. The maximum Gasteiger partial charge on any atom is 0.356 e. The number of allylic oxidation sites excluding steroid dienone is 1. The van der Waals surface area contributed by atoms with Crippen molar-refractivity contribution in [3.63, 3.8) is 0 Å². The molecule has 0 saturated heterocycles. The molecular weight excluding hydrogens is 262 g/mol. The SMILES string of the molecule is CCOC(=O)c1cnc(SCCC=C(F)F)n1C. The third-order valence-corrected chi connectivity index (χ3v) is 3.16. The van der Waals surface area contributed by atoms with Crippen LogP contribution in [0.2, 0.25) is 0 Å². The topological polar surface area (TPSA) is 44.1 Å². The Hall–Kier alpha value is -1.37. The normalized spacial score (nSPS) is 10.2. The van der Waals surface area contributed by atoms with Gasteiger partial charge in [0.2, 0.25) is 0 Å². The summed E-state index contributed by atoms with van der Waals surface area (Å²) in [4.78, 5) is 15.5. The maximum absolute atomic E-state index is 11.8. The lowest BCUT2D eigenvalue weighted by atomic mass is 10.5. The lowest BCUT2D eigenvalue weighted by Crippen LogP contribution is -2.10. The number of hydrogen-bond acceptors (Lipinski definition) is 4. The molecule has 0 aromatic carbocycles. The lowest BCUT2D eigenvalue weighted by Gasteiger charge is -2.04. The van der Waals surface area contributed by atoms with Crippen molar-refractivity contribution in [1.29, 1.82) is 0 Å². The summed E-state index contributed by atoms with van der Waals surface area (Å²) in [7, 11) is 1.69. The van der Waals surface area contributed by atoms with Crippen LogP contribution in [0, 0.1) is 0 Å². The molecule has 1 aromatic heterocycles. The fraction of sp³-hybridized carbons (Fsp3) is 0.455. The van der Waals surface area contributed by atoms with Crippen molar-refractivity contribution in [3.8, 4) is 0 Å². The highest BCUT2D eigenvalue weighted by atomic mass is 32.2. The number of esters is 1. The second-order valence-corrected chi connectivity index (χ2v) is 4.40. The Balaban J connectivity index is 2.58. The van der Waals surface area contributed by atoms with Crippen molar-refractivity contribution in [2.24, 2.45) is 7.05 Å². The Kier molecular flexibility index (Phi) is 5.84. The smallest absolute Gasteiger partial charge is 0.356 e. The zero-order valence-corrected chi connectivity index (χ0v) is 11.0. The van der Waals surface area contributed by atoms with Gasteiger partial charge in [-0.2, -0.15) is 8.78 Å². The van der Waals surface area contributed by atoms with Gasteiger partial charge in [-0.3, -0.25) is 0 Å². The molecule has 1 aromatic rings. The van der Waals surface area contributed by atoms with Crippen LogP contribution in [0.25, 0.3) is 0 Å². The van der Waals surface area contributed by atoms with Gasteiger partial charge < -0.3 is 9.30 Å². The van der Waals surface area contributed by atoms with E-state index in [-0.39, 0.29) is 6.42 Å². The Labute approximate surface area is 108 Å². The van der Waals surface area contributed by atoms with Crippen molar-refractivity contribution in [3.05, 3.63) is 24.0 Å². The number of halogens is 2. The van der Waals surface area contributed by atoms with E-state index in [2.05, 4.69) is 4.98 Å². The van der Waals surface area contributed by atoms with Crippen LogP contribution >= 0.6 is 11.8 Å². The molecule has 18 heavy (non-hydrogen) atoms. The molecule has 0 spiro atoms. The van der Waals surface area contributed by atoms with E-state index in [1.165, 1.54) is 18.0 Å². The number of thioether (sulfide) groups is 1. The van der Waals surface area contributed by atoms with Crippen LogP contribution in [0.3, 0.4) is 0 Å². The van der Waals surface area contributed by atoms with Crippen LogP contribution in [0.5, 0.6) is 0 Å². The molecule has 0 amide bonds. The second-order valence-electron chi connectivity index (χ2n) is 3.34. The first-order valence-electron chi connectivity index (χ1n) is 5.39. The summed E-state index contributed by atoms with van der Waals surface area (Å²) in [6, 6.07) is 0. The van der Waals surface area contributed by atoms with E-state index in [1.54, 1.807) is 18.5 Å². The van der Waals surface area contributed by atoms with Crippen molar-refractivity contribution >= 4 is 17.7 Å². The molecule has 1 heterocycles. The van der Waals surface area contributed by atoms with Crippen molar-refractivity contribution < 1.29 is 18.3 Å². The van der Waals surface area contributed by atoms with Crippen molar-refractivity contribution in [2.75, 3.05) is 12.4 Å². The van der Waals surface area contributed by atoms with Gasteiger partial charge in [-0.15, -0.1) is 0 Å². The van der Waals surface area contributed by atoms with E-state index >= 15 is 0 Å². The molecule has 100 valence electrons. The number of nitrogens with zero attached hydrogens (tertiary/aromatic N) is 2. The van der Waals surface area contributed by atoms with Gasteiger partial charge in [0.05, 0.1) is 12.8 Å². The molecule has 0 bridgehead atoms. The monoisotopic (exact) mass is 276 g/mol. The van der Waals surface area contributed by atoms with Gasteiger partial charge in [-0.1, -0.05) is 11.8 Å². The molecule has 0 N–H and O–H groups in total. The van der Waals surface area contributed by atoms with Gasteiger partial charge in [0.15, 0.2) is 5.16 Å². The molecule has 0 atom stereocenters. The van der Waals surface area contributed by atoms with Crippen LogP contribution in [0.4, 0.5) is 8.78 Å². The summed E-state index contributed by atoms with van der Waals surface area (Å²) in [6.45, 7) is 2.02. The number of carbonyl (C=O) groups is 1. The Morgan fingerprint density at radius 1 is 1.61 bits per heavy atom. The van der Waals surface area contributed by atoms with Gasteiger partial charge in [-0.25, -0.2) is 9.78 Å². The third kappa shape index (κ3) is 4.14. The minimum atomic E-state index is -1.68. The Morgan fingerprint density at radius 3 is 2.94 bits per heavy atom. The van der Waals surface area contributed by atoms with Crippen LogP contribution in [0.1, 0.15) is 23.8 Å². The van der Waals surface area contributed by atoms with Gasteiger partial charge >= 0.3 is 5.97 Å². The highest BCUT2D eigenvalue weighted by Crippen LogP contribution is 2.19. The first-order chi connectivity index (χ1) is 8.56. The van der Waals surface area contributed by atoms with E-state index in [0.29, 0.717) is 23.2 Å². The van der Waals surface area contributed by atoms with Crippen LogP contribution in [0.15, 0.2) is 23.5 Å². The van der Waals surface area contributed by atoms with Gasteiger partial charge in [0.1, 0.15) is 5.69 Å². The summed E-state index contributed by atoms with van der Waals surface area (Å²) in [5.41, 5.74) is 0.353.